The number of nitrogens with one attached hydrogen (secondary N) is 2. The highest BCUT2D eigenvalue weighted by molar-refractivity contribution is 14.0. The summed E-state index contributed by atoms with van der Waals surface area (Å²) in [5.74, 6) is 3.19. The molecule has 17 heavy (non-hydrogen) atoms. The molecule has 0 rings (SSSR count). The van der Waals surface area contributed by atoms with Gasteiger partial charge in [-0.3, -0.25) is 4.99 Å². The normalized spacial score (nSPS) is 11.2. The number of rotatable bonds is 6. The summed E-state index contributed by atoms with van der Waals surface area (Å²) >= 11 is 0. The standard InChI is InChI=1S/C10H19N3O2S.HI/c1-4-7-12-10(11-5-2)13-8-9-16(14,15)6-3;/h1H,5-9H2,2-3H3,(H2,11,12,13);1H. The second-order valence-corrected chi connectivity index (χ2v) is 5.53. The molecule has 0 unspecified atom stereocenters. The number of aliphatic imine (C=N–C) groups is 1. The molecule has 100 valence electrons. The lowest BCUT2D eigenvalue weighted by Crippen LogP contribution is -2.37. The van der Waals surface area contributed by atoms with Crippen LogP contribution in [0, 0.1) is 12.3 Å². The SMILES string of the molecule is C#CCNC(=NCCS(=O)(=O)CC)NCC.I. The van der Waals surface area contributed by atoms with Crippen molar-refractivity contribution in [2.45, 2.75) is 13.8 Å². The molecule has 0 aliphatic carbocycles. The maximum Gasteiger partial charge on any atom is 0.192 e. The monoisotopic (exact) mass is 373 g/mol. The fraction of sp³-hybridized carbons (Fsp3) is 0.700. The lowest BCUT2D eigenvalue weighted by molar-refractivity contribution is 0.597. The maximum atomic E-state index is 11.2. The summed E-state index contributed by atoms with van der Waals surface area (Å²) in [6, 6.07) is 0. The highest BCUT2D eigenvalue weighted by Crippen LogP contribution is 1.89. The van der Waals surface area contributed by atoms with Gasteiger partial charge in [0.2, 0.25) is 0 Å². The molecule has 0 fully saturated rings. The van der Waals surface area contributed by atoms with Crippen LogP contribution in [0.25, 0.3) is 0 Å². The quantitative estimate of drug-likeness (QED) is 0.303. The Labute approximate surface area is 121 Å². The van der Waals surface area contributed by atoms with Crippen LogP contribution in [0.5, 0.6) is 0 Å². The van der Waals surface area contributed by atoms with Gasteiger partial charge in [-0.25, -0.2) is 8.42 Å². The first-order chi connectivity index (χ1) is 7.55. The summed E-state index contributed by atoms with van der Waals surface area (Å²) < 4.78 is 22.4. The molecule has 0 saturated heterocycles. The van der Waals surface area contributed by atoms with Gasteiger partial charge in [-0.05, 0) is 6.92 Å². The Bertz CT molecular complexity index is 360. The first kappa shape index (κ1) is 18.9. The molecule has 0 aromatic carbocycles. The number of hydrogen-bond acceptors (Lipinski definition) is 3. The van der Waals surface area contributed by atoms with Crippen LogP contribution in [-0.2, 0) is 9.84 Å². The Morgan fingerprint density at radius 2 is 2.00 bits per heavy atom. The van der Waals surface area contributed by atoms with Crippen LogP contribution in [-0.4, -0.2) is 45.5 Å². The Balaban J connectivity index is 0. The molecule has 0 saturated carbocycles. The van der Waals surface area contributed by atoms with Crippen molar-refractivity contribution in [2.75, 3.05) is 31.1 Å². The first-order valence-electron chi connectivity index (χ1n) is 5.21. The third-order valence-corrected chi connectivity index (χ3v) is 3.50. The summed E-state index contributed by atoms with van der Waals surface area (Å²) in [4.78, 5) is 4.10. The Morgan fingerprint density at radius 3 is 2.47 bits per heavy atom. The van der Waals surface area contributed by atoms with Crippen molar-refractivity contribution in [2.24, 2.45) is 4.99 Å². The van der Waals surface area contributed by atoms with Gasteiger partial charge in [0.05, 0.1) is 18.8 Å². The van der Waals surface area contributed by atoms with Gasteiger partial charge in [0.1, 0.15) is 0 Å². The van der Waals surface area contributed by atoms with E-state index in [4.69, 9.17) is 6.42 Å². The fourth-order valence-electron chi connectivity index (χ4n) is 0.917. The molecule has 0 aromatic heterocycles. The van der Waals surface area contributed by atoms with Crippen LogP contribution in [0.1, 0.15) is 13.8 Å². The van der Waals surface area contributed by atoms with Crippen LogP contribution < -0.4 is 10.6 Å². The molecule has 7 heteroatoms. The number of sulfone groups is 1. The summed E-state index contributed by atoms with van der Waals surface area (Å²) in [6.07, 6.45) is 5.10. The van der Waals surface area contributed by atoms with E-state index in [1.54, 1.807) is 6.92 Å². The van der Waals surface area contributed by atoms with Crippen LogP contribution in [0.2, 0.25) is 0 Å². The Hall–Kier alpha value is -0.490. The maximum absolute atomic E-state index is 11.2. The molecule has 0 aliphatic rings. The van der Waals surface area contributed by atoms with Crippen molar-refractivity contribution in [3.63, 3.8) is 0 Å². The van der Waals surface area contributed by atoms with Gasteiger partial charge in [0.15, 0.2) is 15.8 Å². The predicted octanol–water partition coefficient (Wildman–Crippen LogP) is 0.227. The Kier molecular flexibility index (Phi) is 11.8. The van der Waals surface area contributed by atoms with Crippen molar-refractivity contribution in [1.82, 2.24) is 10.6 Å². The second-order valence-electron chi connectivity index (χ2n) is 3.05. The average Bonchev–Trinajstić information content (AvgIpc) is 2.25. The molecule has 0 aromatic rings. The smallest absolute Gasteiger partial charge is 0.192 e. The van der Waals surface area contributed by atoms with Crippen LogP contribution >= 0.6 is 24.0 Å². The Morgan fingerprint density at radius 1 is 1.35 bits per heavy atom. The van der Waals surface area contributed by atoms with Crippen molar-refractivity contribution in [1.29, 1.82) is 0 Å². The first-order valence-corrected chi connectivity index (χ1v) is 7.04. The largest absolute Gasteiger partial charge is 0.357 e. The lowest BCUT2D eigenvalue weighted by Gasteiger charge is -2.08. The van der Waals surface area contributed by atoms with Crippen molar-refractivity contribution < 1.29 is 8.42 Å². The van der Waals surface area contributed by atoms with Crippen molar-refractivity contribution in [3.8, 4) is 12.3 Å². The minimum Gasteiger partial charge on any atom is -0.357 e. The predicted molar refractivity (Wildman–Crippen MR) is 82.6 cm³/mol. The van der Waals surface area contributed by atoms with Crippen LogP contribution in [0.15, 0.2) is 4.99 Å². The van der Waals surface area contributed by atoms with E-state index >= 15 is 0 Å². The number of terminal acetylenes is 1. The summed E-state index contributed by atoms with van der Waals surface area (Å²) in [5, 5.41) is 5.85. The van der Waals surface area contributed by atoms with E-state index in [1.165, 1.54) is 0 Å². The third-order valence-electron chi connectivity index (χ3n) is 1.81. The van der Waals surface area contributed by atoms with Gasteiger partial charge in [0.25, 0.3) is 0 Å². The average molecular weight is 373 g/mol. The molecule has 0 aliphatic heterocycles. The van der Waals surface area contributed by atoms with Crippen molar-refractivity contribution >= 4 is 39.8 Å². The van der Waals surface area contributed by atoms with E-state index in [9.17, 15) is 8.42 Å². The van der Waals surface area contributed by atoms with Gasteiger partial charge in [-0.2, -0.15) is 0 Å². The van der Waals surface area contributed by atoms with Gasteiger partial charge in [0, 0.05) is 12.3 Å². The number of halogens is 1. The minimum atomic E-state index is -2.95. The van der Waals surface area contributed by atoms with Crippen LogP contribution in [0.3, 0.4) is 0 Å². The number of hydrogen-bond donors (Lipinski definition) is 2. The van der Waals surface area contributed by atoms with Crippen LogP contribution in [0.4, 0.5) is 0 Å². The topological polar surface area (TPSA) is 70.6 Å². The summed E-state index contributed by atoms with van der Waals surface area (Å²) in [7, 11) is -2.95. The summed E-state index contributed by atoms with van der Waals surface area (Å²) in [6.45, 7) is 4.87. The van der Waals surface area contributed by atoms with E-state index in [2.05, 4.69) is 21.5 Å². The molecule has 0 heterocycles. The molecule has 0 radical (unpaired) electrons. The highest BCUT2D eigenvalue weighted by atomic mass is 127. The van der Waals surface area contributed by atoms with Crippen molar-refractivity contribution in [3.05, 3.63) is 0 Å². The molecule has 5 nitrogen and oxygen atoms in total. The minimum absolute atomic E-state index is 0. The zero-order chi connectivity index (χ0) is 12.4. The molecule has 2 N–H and O–H groups in total. The highest BCUT2D eigenvalue weighted by Gasteiger charge is 2.06. The molecular formula is C10H20IN3O2S. The number of guanidine groups is 1. The van der Waals surface area contributed by atoms with E-state index in [0.717, 1.165) is 0 Å². The lowest BCUT2D eigenvalue weighted by atomic mass is 10.6. The molecule has 0 atom stereocenters. The fourth-order valence-corrected chi connectivity index (χ4v) is 1.58. The number of nitrogens with zero attached hydrogens (tertiary/aromatic N) is 1. The zero-order valence-electron chi connectivity index (χ0n) is 10.2. The van der Waals surface area contributed by atoms with Gasteiger partial charge in [-0.15, -0.1) is 30.4 Å². The zero-order valence-corrected chi connectivity index (χ0v) is 13.3. The molecular weight excluding hydrogens is 353 g/mol. The second kappa shape index (κ2) is 10.7. The van der Waals surface area contributed by atoms with Gasteiger partial charge in [-0.1, -0.05) is 12.8 Å². The van der Waals surface area contributed by atoms with E-state index in [-0.39, 0.29) is 42.0 Å². The van der Waals surface area contributed by atoms with Gasteiger partial charge < -0.3 is 10.6 Å². The molecule has 0 bridgehead atoms. The van der Waals surface area contributed by atoms with E-state index < -0.39 is 9.84 Å². The molecule has 0 spiro atoms. The van der Waals surface area contributed by atoms with Gasteiger partial charge >= 0.3 is 0 Å². The van der Waals surface area contributed by atoms with E-state index in [0.29, 0.717) is 19.0 Å². The molecule has 0 amide bonds. The summed E-state index contributed by atoms with van der Waals surface area (Å²) in [5.41, 5.74) is 0. The van der Waals surface area contributed by atoms with E-state index in [1.807, 2.05) is 6.92 Å². The third kappa shape index (κ3) is 10.4.